The summed E-state index contributed by atoms with van der Waals surface area (Å²) in [6.07, 6.45) is 4.33. The summed E-state index contributed by atoms with van der Waals surface area (Å²) in [5, 5.41) is 11.7. The SMILES string of the molecule is O=C(Nc1ccccc1)N(Cc1nnc2n1CCCCC2)c1ccc2c(c1)OCO2. The lowest BCUT2D eigenvalue weighted by Gasteiger charge is -2.23. The van der Waals surface area contributed by atoms with E-state index in [0.29, 0.717) is 23.7 Å². The van der Waals surface area contributed by atoms with Crippen molar-refractivity contribution in [2.45, 2.75) is 38.8 Å². The average Bonchev–Trinajstić information content (AvgIpc) is 3.32. The van der Waals surface area contributed by atoms with Crippen molar-refractivity contribution in [3.05, 3.63) is 60.2 Å². The van der Waals surface area contributed by atoms with Crippen LogP contribution in [0.3, 0.4) is 0 Å². The molecule has 0 radical (unpaired) electrons. The Kier molecular flexibility index (Phi) is 4.96. The number of carbonyl (C=O) groups excluding carboxylic acids is 1. The van der Waals surface area contributed by atoms with Gasteiger partial charge in [0, 0.05) is 30.4 Å². The minimum Gasteiger partial charge on any atom is -0.454 e. The first-order chi connectivity index (χ1) is 14.8. The maximum absolute atomic E-state index is 13.3. The van der Waals surface area contributed by atoms with E-state index in [2.05, 4.69) is 20.1 Å². The molecule has 0 atom stereocenters. The van der Waals surface area contributed by atoms with Gasteiger partial charge in [-0.1, -0.05) is 24.6 Å². The zero-order valence-corrected chi connectivity index (χ0v) is 16.6. The molecule has 5 rings (SSSR count). The van der Waals surface area contributed by atoms with Gasteiger partial charge in [0.05, 0.1) is 6.54 Å². The van der Waals surface area contributed by atoms with Crippen LogP contribution in [-0.4, -0.2) is 27.6 Å². The summed E-state index contributed by atoms with van der Waals surface area (Å²) >= 11 is 0. The van der Waals surface area contributed by atoms with Crippen molar-refractivity contribution in [2.75, 3.05) is 17.0 Å². The Bertz CT molecular complexity index is 1050. The molecular formula is C22H23N5O3. The number of fused-ring (bicyclic) bond motifs is 2. The Balaban J connectivity index is 1.47. The number of para-hydroxylation sites is 1. The summed E-state index contributed by atoms with van der Waals surface area (Å²) in [6, 6.07) is 14.7. The van der Waals surface area contributed by atoms with Crippen LogP contribution in [0.5, 0.6) is 11.5 Å². The molecule has 2 aliphatic heterocycles. The summed E-state index contributed by atoms with van der Waals surface area (Å²) in [4.78, 5) is 14.9. The molecule has 8 nitrogen and oxygen atoms in total. The van der Waals surface area contributed by atoms with Crippen molar-refractivity contribution in [1.82, 2.24) is 14.8 Å². The standard InChI is InChI=1S/C22H23N5O3/c28-22(23-16-7-3-1-4-8-16)27(17-10-11-18-19(13-17)30-15-29-18)14-21-25-24-20-9-5-2-6-12-26(20)21/h1,3-4,7-8,10-11,13H,2,5-6,9,12,14-15H2,(H,23,28). The number of anilines is 2. The van der Waals surface area contributed by atoms with E-state index in [4.69, 9.17) is 9.47 Å². The second-order valence-corrected chi connectivity index (χ2v) is 7.41. The largest absolute Gasteiger partial charge is 0.454 e. The fourth-order valence-electron chi connectivity index (χ4n) is 3.85. The number of carbonyl (C=O) groups is 1. The number of nitrogens with one attached hydrogen (secondary N) is 1. The molecule has 0 fully saturated rings. The van der Waals surface area contributed by atoms with Gasteiger partial charge in [0.2, 0.25) is 6.79 Å². The molecule has 154 valence electrons. The highest BCUT2D eigenvalue weighted by Gasteiger charge is 2.24. The molecule has 1 aromatic heterocycles. The molecule has 0 saturated carbocycles. The predicted octanol–water partition coefficient (Wildman–Crippen LogP) is 3.97. The highest BCUT2D eigenvalue weighted by Crippen LogP contribution is 2.36. The van der Waals surface area contributed by atoms with Gasteiger partial charge in [-0.05, 0) is 37.1 Å². The topological polar surface area (TPSA) is 81.5 Å². The number of hydrogen-bond acceptors (Lipinski definition) is 5. The first kappa shape index (κ1) is 18.5. The van der Waals surface area contributed by atoms with Crippen LogP contribution in [0.4, 0.5) is 16.2 Å². The number of nitrogens with zero attached hydrogens (tertiary/aromatic N) is 4. The number of hydrogen-bond donors (Lipinski definition) is 1. The second-order valence-electron chi connectivity index (χ2n) is 7.41. The number of aromatic nitrogens is 3. The Morgan fingerprint density at radius 3 is 2.80 bits per heavy atom. The van der Waals surface area contributed by atoms with Crippen molar-refractivity contribution in [1.29, 1.82) is 0 Å². The zero-order valence-electron chi connectivity index (χ0n) is 16.6. The molecule has 0 spiro atoms. The van der Waals surface area contributed by atoms with E-state index >= 15 is 0 Å². The second kappa shape index (κ2) is 8.06. The molecule has 8 heteroatoms. The molecule has 2 aromatic carbocycles. The Morgan fingerprint density at radius 1 is 1.03 bits per heavy atom. The lowest BCUT2D eigenvalue weighted by atomic mass is 10.2. The van der Waals surface area contributed by atoms with Crippen LogP contribution in [0.25, 0.3) is 0 Å². The third kappa shape index (κ3) is 3.68. The monoisotopic (exact) mass is 405 g/mol. The number of urea groups is 1. The highest BCUT2D eigenvalue weighted by atomic mass is 16.7. The Hall–Kier alpha value is -3.55. The summed E-state index contributed by atoms with van der Waals surface area (Å²) < 4.78 is 13.1. The van der Waals surface area contributed by atoms with E-state index < -0.39 is 0 Å². The van der Waals surface area contributed by atoms with Crippen LogP contribution < -0.4 is 19.7 Å². The van der Waals surface area contributed by atoms with E-state index in [-0.39, 0.29) is 12.8 Å². The van der Waals surface area contributed by atoms with Gasteiger partial charge in [-0.2, -0.15) is 0 Å². The van der Waals surface area contributed by atoms with Crippen molar-refractivity contribution in [3.63, 3.8) is 0 Å². The maximum Gasteiger partial charge on any atom is 0.326 e. The normalized spacial score (nSPS) is 14.7. The molecule has 0 saturated heterocycles. The van der Waals surface area contributed by atoms with Crippen LogP contribution in [0.1, 0.15) is 30.9 Å². The van der Waals surface area contributed by atoms with Gasteiger partial charge in [-0.15, -0.1) is 10.2 Å². The smallest absolute Gasteiger partial charge is 0.326 e. The van der Waals surface area contributed by atoms with E-state index in [0.717, 1.165) is 43.1 Å². The van der Waals surface area contributed by atoms with E-state index in [1.54, 1.807) is 4.90 Å². The van der Waals surface area contributed by atoms with Gasteiger partial charge in [-0.3, -0.25) is 4.90 Å². The van der Waals surface area contributed by atoms with Crippen LogP contribution in [0.15, 0.2) is 48.5 Å². The first-order valence-corrected chi connectivity index (χ1v) is 10.2. The number of ether oxygens (including phenoxy) is 2. The predicted molar refractivity (Wildman–Crippen MR) is 112 cm³/mol. The lowest BCUT2D eigenvalue weighted by Crippen LogP contribution is -2.35. The Labute approximate surface area is 174 Å². The molecule has 2 amide bonds. The molecule has 0 aliphatic carbocycles. The molecule has 0 unspecified atom stereocenters. The Morgan fingerprint density at radius 2 is 1.90 bits per heavy atom. The minimum absolute atomic E-state index is 0.187. The van der Waals surface area contributed by atoms with Crippen LogP contribution in [0.2, 0.25) is 0 Å². The van der Waals surface area contributed by atoms with Crippen LogP contribution in [0, 0.1) is 0 Å². The van der Waals surface area contributed by atoms with E-state index in [1.165, 1.54) is 6.42 Å². The number of aryl methyl sites for hydroxylation is 1. The zero-order chi connectivity index (χ0) is 20.3. The fraction of sp³-hybridized carbons (Fsp3) is 0.318. The van der Waals surface area contributed by atoms with Crippen molar-refractivity contribution < 1.29 is 14.3 Å². The van der Waals surface area contributed by atoms with Gasteiger partial charge < -0.3 is 19.4 Å². The molecule has 1 N–H and O–H groups in total. The number of benzene rings is 2. The quantitative estimate of drug-likeness (QED) is 0.710. The summed E-state index contributed by atoms with van der Waals surface area (Å²) in [5.41, 5.74) is 1.44. The third-order valence-electron chi connectivity index (χ3n) is 5.42. The van der Waals surface area contributed by atoms with Crippen LogP contribution >= 0.6 is 0 Å². The molecule has 3 aromatic rings. The number of amides is 2. The lowest BCUT2D eigenvalue weighted by molar-refractivity contribution is 0.174. The molecule has 2 aliphatic rings. The van der Waals surface area contributed by atoms with Crippen molar-refractivity contribution >= 4 is 17.4 Å². The van der Waals surface area contributed by atoms with Crippen LogP contribution in [-0.2, 0) is 19.5 Å². The number of rotatable bonds is 4. The minimum atomic E-state index is -0.244. The molecule has 3 heterocycles. The summed E-state index contributed by atoms with van der Waals surface area (Å²) in [7, 11) is 0. The van der Waals surface area contributed by atoms with Crippen molar-refractivity contribution in [2.24, 2.45) is 0 Å². The van der Waals surface area contributed by atoms with Gasteiger partial charge >= 0.3 is 6.03 Å². The van der Waals surface area contributed by atoms with Gasteiger partial charge in [0.25, 0.3) is 0 Å². The highest BCUT2D eigenvalue weighted by molar-refractivity contribution is 6.01. The average molecular weight is 405 g/mol. The molecular weight excluding hydrogens is 382 g/mol. The van der Waals surface area contributed by atoms with E-state index in [9.17, 15) is 4.79 Å². The first-order valence-electron chi connectivity index (χ1n) is 10.2. The third-order valence-corrected chi connectivity index (χ3v) is 5.42. The summed E-state index contributed by atoms with van der Waals surface area (Å²) in [5.74, 6) is 3.09. The van der Waals surface area contributed by atoms with Crippen molar-refractivity contribution in [3.8, 4) is 11.5 Å². The van der Waals surface area contributed by atoms with Gasteiger partial charge in [0.15, 0.2) is 17.3 Å². The fourth-order valence-corrected chi connectivity index (χ4v) is 3.85. The van der Waals surface area contributed by atoms with Gasteiger partial charge in [0.1, 0.15) is 5.82 Å². The summed E-state index contributed by atoms with van der Waals surface area (Å²) in [6.45, 7) is 1.38. The van der Waals surface area contributed by atoms with E-state index in [1.807, 2.05) is 48.5 Å². The molecule has 0 bridgehead atoms. The van der Waals surface area contributed by atoms with Gasteiger partial charge in [-0.25, -0.2) is 4.79 Å². The maximum atomic E-state index is 13.3. The molecule has 30 heavy (non-hydrogen) atoms.